The highest BCUT2D eigenvalue weighted by atomic mass is 16.5. The highest BCUT2D eigenvalue weighted by molar-refractivity contribution is 5.83. The van der Waals surface area contributed by atoms with Crippen LogP contribution in [-0.4, -0.2) is 59.3 Å². The smallest absolute Gasteiger partial charge is 0.324 e. The molecule has 0 aliphatic carbocycles. The van der Waals surface area contributed by atoms with Crippen LogP contribution in [0.25, 0.3) is 0 Å². The zero-order chi connectivity index (χ0) is 26.4. The molecule has 1 amide bonds. The second-order valence-corrected chi connectivity index (χ2v) is 10.7. The van der Waals surface area contributed by atoms with E-state index < -0.39 is 6.04 Å². The average Bonchev–Trinajstić information content (AvgIpc) is 3.58. The van der Waals surface area contributed by atoms with Crippen molar-refractivity contribution in [1.29, 1.82) is 5.26 Å². The highest BCUT2D eigenvalue weighted by Gasteiger charge is 2.31. The Balaban J connectivity index is 1.17. The predicted molar refractivity (Wildman–Crippen MR) is 141 cm³/mol. The summed E-state index contributed by atoms with van der Waals surface area (Å²) in [5.41, 5.74) is 8.33. The van der Waals surface area contributed by atoms with E-state index in [-0.39, 0.29) is 17.9 Å². The van der Waals surface area contributed by atoms with Crippen molar-refractivity contribution in [2.75, 3.05) is 31.1 Å². The average molecular weight is 509 g/mol. The molecule has 3 heterocycles. The van der Waals surface area contributed by atoms with Gasteiger partial charge < -0.3 is 24.8 Å². The molecule has 2 fully saturated rings. The van der Waals surface area contributed by atoms with Gasteiger partial charge in [0, 0.05) is 25.6 Å². The standard InChI is InChI=1S/C28H40N6O3/c1-19(2)26-31-28(37-32-26)33-13-10-21(11-14-33)6-5-15-36-24-9-8-22(20(3)16-24)17-25(30)27(35)34-12-4-7-23(34)18-29/h8-9,16,19,21,23,25H,4-7,10-15,17,30H2,1-3H3/t23-,25-/m0/s1. The Morgan fingerprint density at radius 2 is 2.05 bits per heavy atom. The molecule has 1 aromatic heterocycles. The summed E-state index contributed by atoms with van der Waals surface area (Å²) in [5.74, 6) is 2.44. The Kier molecular flexibility index (Phi) is 9.04. The summed E-state index contributed by atoms with van der Waals surface area (Å²) in [4.78, 5) is 21.1. The number of piperidine rings is 1. The number of aromatic nitrogens is 2. The summed E-state index contributed by atoms with van der Waals surface area (Å²) in [7, 11) is 0. The van der Waals surface area contributed by atoms with E-state index in [4.69, 9.17) is 15.0 Å². The fourth-order valence-corrected chi connectivity index (χ4v) is 5.25. The minimum Gasteiger partial charge on any atom is -0.494 e. The molecule has 200 valence electrons. The SMILES string of the molecule is Cc1cc(OCCCC2CCN(c3nc(C(C)C)no3)CC2)ccc1C[C@H](N)C(=O)N1CCC[C@H]1C#N. The number of amides is 1. The van der Waals surface area contributed by atoms with E-state index in [1.165, 1.54) is 0 Å². The molecule has 2 aromatic rings. The monoisotopic (exact) mass is 508 g/mol. The number of carbonyl (C=O) groups is 1. The zero-order valence-corrected chi connectivity index (χ0v) is 22.4. The van der Waals surface area contributed by atoms with Crippen LogP contribution in [-0.2, 0) is 11.2 Å². The Morgan fingerprint density at radius 3 is 2.73 bits per heavy atom. The molecule has 1 aromatic carbocycles. The molecular weight excluding hydrogens is 468 g/mol. The van der Waals surface area contributed by atoms with E-state index in [1.54, 1.807) is 4.90 Å². The first-order valence-electron chi connectivity index (χ1n) is 13.6. The third kappa shape index (κ3) is 6.80. The minimum atomic E-state index is -0.636. The van der Waals surface area contributed by atoms with Crippen molar-refractivity contribution in [2.45, 2.75) is 83.7 Å². The molecule has 4 rings (SSSR count). The number of nitrogens with zero attached hydrogens (tertiary/aromatic N) is 5. The topological polar surface area (TPSA) is 122 Å². The fraction of sp³-hybridized carbons (Fsp3) is 0.643. The Labute approximate surface area is 219 Å². The van der Waals surface area contributed by atoms with Crippen molar-refractivity contribution in [1.82, 2.24) is 15.0 Å². The van der Waals surface area contributed by atoms with Gasteiger partial charge in [0.05, 0.1) is 18.7 Å². The van der Waals surface area contributed by atoms with Crippen molar-refractivity contribution in [3.63, 3.8) is 0 Å². The van der Waals surface area contributed by atoms with Crippen molar-refractivity contribution < 1.29 is 14.1 Å². The van der Waals surface area contributed by atoms with Crippen molar-refractivity contribution >= 4 is 11.9 Å². The summed E-state index contributed by atoms with van der Waals surface area (Å²) in [6.07, 6.45) is 6.46. The van der Waals surface area contributed by atoms with Gasteiger partial charge in [-0.1, -0.05) is 25.1 Å². The maximum absolute atomic E-state index is 12.7. The van der Waals surface area contributed by atoms with Crippen LogP contribution in [0.15, 0.2) is 22.7 Å². The van der Waals surface area contributed by atoms with Gasteiger partial charge in [0.1, 0.15) is 11.8 Å². The van der Waals surface area contributed by atoms with Crippen molar-refractivity contribution in [3.8, 4) is 11.8 Å². The molecule has 0 unspecified atom stereocenters. The van der Waals surface area contributed by atoms with Gasteiger partial charge in [-0.15, -0.1) is 0 Å². The molecule has 2 atom stereocenters. The molecule has 9 nitrogen and oxygen atoms in total. The van der Waals surface area contributed by atoms with Gasteiger partial charge >= 0.3 is 6.01 Å². The van der Waals surface area contributed by atoms with Crippen LogP contribution in [0.2, 0.25) is 0 Å². The summed E-state index contributed by atoms with van der Waals surface area (Å²) in [5, 5.41) is 13.3. The molecule has 2 aliphatic heterocycles. The van der Waals surface area contributed by atoms with E-state index in [9.17, 15) is 10.1 Å². The van der Waals surface area contributed by atoms with Crippen LogP contribution in [0.1, 0.15) is 75.2 Å². The van der Waals surface area contributed by atoms with Gasteiger partial charge in [0.2, 0.25) is 5.91 Å². The van der Waals surface area contributed by atoms with Crippen LogP contribution < -0.4 is 15.4 Å². The van der Waals surface area contributed by atoms with E-state index in [2.05, 4.69) is 35.0 Å². The third-order valence-corrected chi connectivity index (χ3v) is 7.61. The van der Waals surface area contributed by atoms with Gasteiger partial charge in [-0.3, -0.25) is 4.79 Å². The lowest BCUT2D eigenvalue weighted by atomic mass is 9.92. The number of rotatable bonds is 10. The Bertz CT molecular complexity index is 1090. The van der Waals surface area contributed by atoms with Crippen LogP contribution in [0.4, 0.5) is 6.01 Å². The molecule has 2 aliphatic rings. The van der Waals surface area contributed by atoms with E-state index in [0.717, 1.165) is 74.3 Å². The highest BCUT2D eigenvalue weighted by Crippen LogP contribution is 2.27. The maximum atomic E-state index is 12.7. The molecule has 37 heavy (non-hydrogen) atoms. The Morgan fingerprint density at radius 1 is 1.27 bits per heavy atom. The van der Waals surface area contributed by atoms with Crippen LogP contribution in [0.3, 0.4) is 0 Å². The van der Waals surface area contributed by atoms with E-state index in [1.807, 2.05) is 25.1 Å². The number of nitriles is 1. The number of hydrogen-bond donors (Lipinski definition) is 1. The van der Waals surface area contributed by atoms with Crippen molar-refractivity contribution in [3.05, 3.63) is 35.2 Å². The molecule has 2 N–H and O–H groups in total. The van der Waals surface area contributed by atoms with E-state index >= 15 is 0 Å². The molecule has 0 saturated carbocycles. The normalized spacial score (nSPS) is 19.3. The van der Waals surface area contributed by atoms with Crippen LogP contribution in [0, 0.1) is 24.2 Å². The number of aryl methyl sites for hydroxylation is 1. The van der Waals surface area contributed by atoms with Gasteiger partial charge in [-0.05, 0) is 81.0 Å². The van der Waals surface area contributed by atoms with Gasteiger partial charge in [-0.2, -0.15) is 10.2 Å². The number of anilines is 1. The Hall–Kier alpha value is -3.12. The lowest BCUT2D eigenvalue weighted by Gasteiger charge is -2.30. The van der Waals surface area contributed by atoms with Crippen LogP contribution >= 0.6 is 0 Å². The molecule has 0 radical (unpaired) electrons. The lowest BCUT2D eigenvalue weighted by Crippen LogP contribution is -2.46. The van der Waals surface area contributed by atoms with Gasteiger partial charge in [-0.25, -0.2) is 0 Å². The summed E-state index contributed by atoms with van der Waals surface area (Å²) in [6.45, 7) is 9.36. The maximum Gasteiger partial charge on any atom is 0.324 e. The first-order chi connectivity index (χ1) is 17.9. The molecule has 0 bridgehead atoms. The number of likely N-dealkylation sites (tertiary alicyclic amines) is 1. The minimum absolute atomic E-state index is 0.132. The fourth-order valence-electron chi connectivity index (χ4n) is 5.25. The number of hydrogen-bond acceptors (Lipinski definition) is 8. The molecule has 0 spiro atoms. The van der Waals surface area contributed by atoms with Crippen molar-refractivity contribution in [2.24, 2.45) is 11.7 Å². The van der Waals surface area contributed by atoms with E-state index in [0.29, 0.717) is 31.5 Å². The quantitative estimate of drug-likeness (QED) is 0.479. The number of ether oxygens (including phenoxy) is 1. The van der Waals surface area contributed by atoms with Crippen LogP contribution in [0.5, 0.6) is 5.75 Å². The first kappa shape index (κ1) is 26.9. The zero-order valence-electron chi connectivity index (χ0n) is 22.4. The van der Waals surface area contributed by atoms with Gasteiger partial charge in [0.15, 0.2) is 5.82 Å². The van der Waals surface area contributed by atoms with Gasteiger partial charge in [0.25, 0.3) is 0 Å². The summed E-state index contributed by atoms with van der Waals surface area (Å²) in [6, 6.07) is 7.87. The third-order valence-electron chi connectivity index (χ3n) is 7.61. The molecule has 9 heteroatoms. The number of nitrogens with two attached hydrogens (primary N) is 1. The molecule has 2 saturated heterocycles. The number of carbonyl (C=O) groups excluding carboxylic acids is 1. The lowest BCUT2D eigenvalue weighted by molar-refractivity contribution is -0.132. The largest absolute Gasteiger partial charge is 0.494 e. The summed E-state index contributed by atoms with van der Waals surface area (Å²) < 4.78 is 11.5. The second kappa shape index (κ2) is 12.4. The predicted octanol–water partition coefficient (Wildman–Crippen LogP) is 3.96. The summed E-state index contributed by atoms with van der Waals surface area (Å²) >= 11 is 0. The molecular formula is C28H40N6O3. The second-order valence-electron chi connectivity index (χ2n) is 10.7. The first-order valence-corrected chi connectivity index (χ1v) is 13.6. The number of benzene rings is 1.